The quantitative estimate of drug-likeness (QED) is 0.502. The lowest BCUT2D eigenvalue weighted by Crippen LogP contribution is -2.22. The van der Waals surface area contributed by atoms with Crippen LogP contribution < -0.4 is 5.32 Å². The molecule has 0 bridgehead atoms. The molecule has 1 aliphatic rings. The van der Waals surface area contributed by atoms with E-state index >= 15 is 0 Å². The molecule has 1 amide bonds. The fourth-order valence-electron chi connectivity index (χ4n) is 2.80. The fourth-order valence-corrected chi connectivity index (χ4v) is 3.66. The molecule has 2 aromatic carbocycles. The van der Waals surface area contributed by atoms with Crippen LogP contribution in [0.3, 0.4) is 0 Å². The van der Waals surface area contributed by atoms with E-state index in [1.807, 2.05) is 13.0 Å². The monoisotopic (exact) mass is 342 g/mol. The molecule has 5 nitrogen and oxygen atoms in total. The highest BCUT2D eigenvalue weighted by molar-refractivity contribution is 8.00. The Morgan fingerprint density at radius 2 is 1.88 bits per heavy atom. The topological polar surface area (TPSA) is 72.2 Å². The molecule has 0 fully saturated rings. The molecular formula is C18H18N2O3S. The maximum Gasteiger partial charge on any atom is 0.269 e. The van der Waals surface area contributed by atoms with E-state index in [1.54, 1.807) is 12.1 Å². The molecule has 1 aliphatic carbocycles. The molecule has 3 rings (SSSR count). The van der Waals surface area contributed by atoms with Gasteiger partial charge < -0.3 is 5.32 Å². The summed E-state index contributed by atoms with van der Waals surface area (Å²) in [6.07, 6.45) is 3.38. The summed E-state index contributed by atoms with van der Waals surface area (Å²) in [5.41, 5.74) is 3.58. The maximum absolute atomic E-state index is 12.4. The Hall–Kier alpha value is -2.34. The maximum atomic E-state index is 12.4. The number of carbonyl (C=O) groups excluding carboxylic acids is 1. The smallest absolute Gasteiger partial charge is 0.269 e. The summed E-state index contributed by atoms with van der Waals surface area (Å²) in [4.78, 5) is 23.4. The lowest BCUT2D eigenvalue weighted by Gasteiger charge is -2.13. The van der Waals surface area contributed by atoms with Crippen molar-refractivity contribution >= 4 is 29.0 Å². The molecular weight excluding hydrogens is 324 g/mol. The van der Waals surface area contributed by atoms with Crippen molar-refractivity contribution in [3.05, 3.63) is 63.7 Å². The Kier molecular flexibility index (Phi) is 4.85. The number of hydrogen-bond donors (Lipinski definition) is 1. The first-order valence-corrected chi connectivity index (χ1v) is 8.74. The van der Waals surface area contributed by atoms with E-state index in [2.05, 4.69) is 17.4 Å². The first kappa shape index (κ1) is 16.5. The SMILES string of the molecule is C[C@@H](Sc1ccc([N+](=O)[O-])cc1)C(=O)Nc1ccc2c(c1)CCC2. The molecule has 0 aromatic heterocycles. The molecule has 124 valence electrons. The van der Waals surface area contributed by atoms with Gasteiger partial charge in [-0.2, -0.15) is 0 Å². The number of nitrogens with zero attached hydrogens (tertiary/aromatic N) is 1. The third kappa shape index (κ3) is 3.76. The van der Waals surface area contributed by atoms with Crippen LogP contribution in [0.4, 0.5) is 11.4 Å². The summed E-state index contributed by atoms with van der Waals surface area (Å²) >= 11 is 1.38. The van der Waals surface area contributed by atoms with E-state index in [0.717, 1.165) is 23.4 Å². The number of nitro benzene ring substituents is 1. The summed E-state index contributed by atoms with van der Waals surface area (Å²) in [6, 6.07) is 12.3. The number of nitro groups is 1. The van der Waals surface area contributed by atoms with E-state index in [9.17, 15) is 14.9 Å². The predicted molar refractivity (Wildman–Crippen MR) is 95.5 cm³/mol. The van der Waals surface area contributed by atoms with Gasteiger partial charge in [0.1, 0.15) is 0 Å². The van der Waals surface area contributed by atoms with Crippen molar-refractivity contribution in [2.45, 2.75) is 36.3 Å². The average Bonchev–Trinajstić information content (AvgIpc) is 3.03. The normalized spacial score (nSPS) is 14.0. The molecule has 1 N–H and O–H groups in total. The highest BCUT2D eigenvalue weighted by atomic mass is 32.2. The predicted octanol–water partition coefficient (Wildman–Crippen LogP) is 4.20. The Bertz CT molecular complexity index is 774. The number of nitrogens with one attached hydrogen (secondary N) is 1. The first-order chi connectivity index (χ1) is 11.5. The molecule has 0 aliphatic heterocycles. The summed E-state index contributed by atoms with van der Waals surface area (Å²) < 4.78 is 0. The van der Waals surface area contributed by atoms with Crippen LogP contribution >= 0.6 is 11.8 Å². The Labute approximate surface area is 144 Å². The summed E-state index contributed by atoms with van der Waals surface area (Å²) in [5.74, 6) is -0.0729. The Balaban J connectivity index is 1.61. The van der Waals surface area contributed by atoms with Gasteiger partial charge in [-0.15, -0.1) is 11.8 Å². The lowest BCUT2D eigenvalue weighted by atomic mass is 10.1. The second-order valence-corrected chi connectivity index (χ2v) is 7.25. The van der Waals surface area contributed by atoms with Gasteiger partial charge in [0.05, 0.1) is 10.2 Å². The number of rotatable bonds is 5. The van der Waals surface area contributed by atoms with Crippen molar-refractivity contribution in [3.63, 3.8) is 0 Å². The number of aryl methyl sites for hydroxylation is 2. The zero-order valence-electron chi connectivity index (χ0n) is 13.3. The molecule has 0 saturated heterocycles. The van der Waals surface area contributed by atoms with Crippen molar-refractivity contribution in [3.8, 4) is 0 Å². The standard InChI is InChI=1S/C18H18N2O3S/c1-12(24-17-9-7-16(8-10-17)20(22)23)18(21)19-15-6-5-13-3-2-4-14(13)11-15/h5-12H,2-4H2,1H3,(H,19,21)/t12-/m1/s1. The van der Waals surface area contributed by atoms with Crippen LogP contribution in [0.25, 0.3) is 0 Å². The lowest BCUT2D eigenvalue weighted by molar-refractivity contribution is -0.384. The van der Waals surface area contributed by atoms with Gasteiger partial charge in [-0.05, 0) is 61.6 Å². The van der Waals surface area contributed by atoms with Crippen molar-refractivity contribution in [1.29, 1.82) is 0 Å². The van der Waals surface area contributed by atoms with Gasteiger partial charge in [0, 0.05) is 22.7 Å². The van der Waals surface area contributed by atoms with Crippen LogP contribution in [-0.2, 0) is 17.6 Å². The highest BCUT2D eigenvalue weighted by Gasteiger charge is 2.17. The largest absolute Gasteiger partial charge is 0.325 e. The summed E-state index contributed by atoms with van der Waals surface area (Å²) in [5, 5.41) is 13.3. The Morgan fingerprint density at radius 1 is 1.17 bits per heavy atom. The second kappa shape index (κ2) is 7.05. The molecule has 0 heterocycles. The van der Waals surface area contributed by atoms with Gasteiger partial charge in [-0.3, -0.25) is 14.9 Å². The van der Waals surface area contributed by atoms with Gasteiger partial charge in [0.25, 0.3) is 5.69 Å². The molecule has 6 heteroatoms. The fraction of sp³-hybridized carbons (Fsp3) is 0.278. The van der Waals surface area contributed by atoms with Crippen molar-refractivity contribution in [2.24, 2.45) is 0 Å². The van der Waals surface area contributed by atoms with Gasteiger partial charge in [0.15, 0.2) is 0 Å². The van der Waals surface area contributed by atoms with Crippen LogP contribution in [0.15, 0.2) is 47.4 Å². The molecule has 0 radical (unpaired) electrons. The van der Waals surface area contributed by atoms with Gasteiger partial charge in [-0.1, -0.05) is 6.07 Å². The minimum absolute atomic E-state index is 0.0506. The van der Waals surface area contributed by atoms with Gasteiger partial charge in [0.2, 0.25) is 5.91 Å². The van der Waals surface area contributed by atoms with Crippen LogP contribution in [0.5, 0.6) is 0 Å². The number of anilines is 1. The van der Waals surface area contributed by atoms with Gasteiger partial charge >= 0.3 is 0 Å². The number of benzene rings is 2. The van der Waals surface area contributed by atoms with Crippen molar-refractivity contribution in [1.82, 2.24) is 0 Å². The van der Waals surface area contributed by atoms with E-state index in [4.69, 9.17) is 0 Å². The zero-order chi connectivity index (χ0) is 17.1. The van der Waals surface area contributed by atoms with Gasteiger partial charge in [-0.25, -0.2) is 0 Å². The molecule has 2 aromatic rings. The number of hydrogen-bond acceptors (Lipinski definition) is 4. The zero-order valence-corrected chi connectivity index (χ0v) is 14.1. The minimum atomic E-state index is -0.432. The van der Waals surface area contributed by atoms with E-state index in [0.29, 0.717) is 0 Å². The minimum Gasteiger partial charge on any atom is -0.325 e. The van der Waals surface area contributed by atoms with E-state index < -0.39 is 4.92 Å². The molecule has 24 heavy (non-hydrogen) atoms. The third-order valence-electron chi connectivity index (χ3n) is 4.10. The van der Waals surface area contributed by atoms with Crippen LogP contribution in [0.2, 0.25) is 0 Å². The molecule has 0 spiro atoms. The number of non-ortho nitro benzene ring substituents is 1. The van der Waals surface area contributed by atoms with Crippen molar-refractivity contribution in [2.75, 3.05) is 5.32 Å². The molecule has 1 atom stereocenters. The Morgan fingerprint density at radius 3 is 2.58 bits per heavy atom. The number of fused-ring (bicyclic) bond motifs is 1. The molecule has 0 unspecified atom stereocenters. The van der Waals surface area contributed by atoms with E-state index in [1.165, 1.54) is 41.4 Å². The summed E-state index contributed by atoms with van der Waals surface area (Å²) in [7, 11) is 0. The summed E-state index contributed by atoms with van der Waals surface area (Å²) in [6.45, 7) is 1.83. The van der Waals surface area contributed by atoms with Crippen LogP contribution in [-0.4, -0.2) is 16.1 Å². The average molecular weight is 342 g/mol. The number of carbonyl (C=O) groups is 1. The number of thioether (sulfide) groups is 1. The highest BCUT2D eigenvalue weighted by Crippen LogP contribution is 2.28. The number of amides is 1. The third-order valence-corrected chi connectivity index (χ3v) is 5.21. The first-order valence-electron chi connectivity index (χ1n) is 7.87. The second-order valence-electron chi connectivity index (χ2n) is 5.84. The van der Waals surface area contributed by atoms with E-state index in [-0.39, 0.29) is 16.8 Å². The van der Waals surface area contributed by atoms with Crippen molar-refractivity contribution < 1.29 is 9.72 Å². The van der Waals surface area contributed by atoms with Crippen LogP contribution in [0.1, 0.15) is 24.5 Å². The van der Waals surface area contributed by atoms with Crippen LogP contribution in [0, 0.1) is 10.1 Å². The molecule has 0 saturated carbocycles.